The van der Waals surface area contributed by atoms with Gasteiger partial charge in [-0.25, -0.2) is 0 Å². The highest BCUT2D eigenvalue weighted by Crippen LogP contribution is 2.20. The predicted octanol–water partition coefficient (Wildman–Crippen LogP) is 1.09. The average molecular weight is 212 g/mol. The Morgan fingerprint density at radius 3 is 2.60 bits per heavy atom. The van der Waals surface area contributed by atoms with E-state index in [1.54, 1.807) is 0 Å². The van der Waals surface area contributed by atoms with Crippen LogP contribution in [0.3, 0.4) is 0 Å². The summed E-state index contributed by atoms with van der Waals surface area (Å²) in [7, 11) is 2.22. The zero-order valence-corrected chi connectivity index (χ0v) is 10.2. The fourth-order valence-electron chi connectivity index (χ4n) is 2.83. The van der Waals surface area contributed by atoms with Crippen LogP contribution in [-0.4, -0.2) is 49.8 Å². The maximum absolute atomic E-state index is 5.59. The molecule has 0 aromatic heterocycles. The van der Waals surface area contributed by atoms with Crippen molar-refractivity contribution >= 4 is 0 Å². The van der Waals surface area contributed by atoms with E-state index in [9.17, 15) is 0 Å². The minimum absolute atomic E-state index is 0.400. The number of ether oxygens (including phenoxy) is 1. The summed E-state index contributed by atoms with van der Waals surface area (Å²) in [6.07, 6.45) is 2.86. The number of hydrogen-bond donors (Lipinski definition) is 1. The predicted molar refractivity (Wildman–Crippen MR) is 62.0 cm³/mol. The Bertz CT molecular complexity index is 210. The first kappa shape index (κ1) is 11.4. The lowest BCUT2D eigenvalue weighted by Gasteiger charge is -2.37. The molecule has 2 fully saturated rings. The number of rotatable bonds is 2. The summed E-state index contributed by atoms with van der Waals surface area (Å²) in [4.78, 5) is 2.43. The van der Waals surface area contributed by atoms with Crippen molar-refractivity contribution < 1.29 is 4.74 Å². The number of piperidine rings is 1. The molecule has 0 saturated carbocycles. The number of nitrogens with zero attached hydrogens (tertiary/aromatic N) is 1. The van der Waals surface area contributed by atoms with Gasteiger partial charge in [-0.1, -0.05) is 6.92 Å². The highest BCUT2D eigenvalue weighted by Gasteiger charge is 2.30. The molecule has 1 N–H and O–H groups in total. The van der Waals surface area contributed by atoms with Gasteiger partial charge < -0.3 is 15.0 Å². The van der Waals surface area contributed by atoms with Crippen LogP contribution in [0.5, 0.6) is 0 Å². The van der Waals surface area contributed by atoms with Crippen molar-refractivity contribution in [2.45, 2.75) is 44.9 Å². The summed E-state index contributed by atoms with van der Waals surface area (Å²) >= 11 is 0. The first-order valence-electron chi connectivity index (χ1n) is 6.23. The Morgan fingerprint density at radius 2 is 2.00 bits per heavy atom. The third-order valence-electron chi connectivity index (χ3n) is 3.91. The maximum Gasteiger partial charge on any atom is 0.0700 e. The molecule has 2 aliphatic heterocycles. The minimum Gasteiger partial charge on any atom is -0.377 e. The van der Waals surface area contributed by atoms with Crippen LogP contribution < -0.4 is 5.32 Å². The molecular formula is C12H24N2O. The van der Waals surface area contributed by atoms with E-state index in [4.69, 9.17) is 4.74 Å². The quantitative estimate of drug-likeness (QED) is 0.741. The molecule has 2 aliphatic rings. The zero-order chi connectivity index (χ0) is 10.8. The molecule has 0 aliphatic carbocycles. The first-order chi connectivity index (χ1) is 7.16. The van der Waals surface area contributed by atoms with Crippen LogP contribution in [0.4, 0.5) is 0 Å². The second-order valence-corrected chi connectivity index (χ2v) is 5.27. The topological polar surface area (TPSA) is 24.5 Å². The van der Waals surface area contributed by atoms with E-state index in [0.717, 1.165) is 12.5 Å². The zero-order valence-electron chi connectivity index (χ0n) is 10.2. The molecular weight excluding hydrogens is 188 g/mol. The van der Waals surface area contributed by atoms with E-state index >= 15 is 0 Å². The van der Waals surface area contributed by atoms with Crippen LogP contribution in [0.1, 0.15) is 26.7 Å². The van der Waals surface area contributed by atoms with Gasteiger partial charge in [0.25, 0.3) is 0 Å². The molecule has 0 bridgehead atoms. The molecule has 2 saturated heterocycles. The summed E-state index contributed by atoms with van der Waals surface area (Å²) in [6.45, 7) is 7.92. The van der Waals surface area contributed by atoms with Crippen LogP contribution >= 0.6 is 0 Å². The standard InChI is InChI=1S/C12H24N2O/c1-9-8-14(3)6-4-11(9)13-12-5-7-15-10(12)2/h9-13H,4-8H2,1-3H3. The van der Waals surface area contributed by atoms with Crippen LogP contribution in [0.15, 0.2) is 0 Å². The molecule has 0 aromatic carbocycles. The molecule has 0 amide bonds. The normalized spacial score (nSPS) is 43.4. The molecule has 0 aromatic rings. The lowest BCUT2D eigenvalue weighted by molar-refractivity contribution is 0.101. The van der Waals surface area contributed by atoms with Gasteiger partial charge in [-0.05, 0) is 39.3 Å². The van der Waals surface area contributed by atoms with E-state index in [1.165, 1.54) is 25.9 Å². The van der Waals surface area contributed by atoms with Crippen molar-refractivity contribution in [3.63, 3.8) is 0 Å². The minimum atomic E-state index is 0.400. The van der Waals surface area contributed by atoms with Crippen LogP contribution in [0.2, 0.25) is 0 Å². The van der Waals surface area contributed by atoms with Crippen molar-refractivity contribution in [1.82, 2.24) is 10.2 Å². The van der Waals surface area contributed by atoms with Crippen molar-refractivity contribution in [2.75, 3.05) is 26.7 Å². The maximum atomic E-state index is 5.59. The van der Waals surface area contributed by atoms with E-state index < -0.39 is 0 Å². The molecule has 3 heteroatoms. The van der Waals surface area contributed by atoms with Crippen LogP contribution in [-0.2, 0) is 4.74 Å². The monoisotopic (exact) mass is 212 g/mol. The molecule has 4 atom stereocenters. The Kier molecular flexibility index (Phi) is 3.65. The highest BCUT2D eigenvalue weighted by molar-refractivity contribution is 4.88. The number of likely N-dealkylation sites (tertiary alicyclic amines) is 1. The fraction of sp³-hybridized carbons (Fsp3) is 1.00. The third-order valence-corrected chi connectivity index (χ3v) is 3.91. The smallest absolute Gasteiger partial charge is 0.0700 e. The van der Waals surface area contributed by atoms with E-state index in [1.807, 2.05) is 0 Å². The van der Waals surface area contributed by atoms with E-state index in [-0.39, 0.29) is 0 Å². The van der Waals surface area contributed by atoms with Gasteiger partial charge in [0.05, 0.1) is 6.10 Å². The summed E-state index contributed by atoms with van der Waals surface area (Å²) in [6, 6.07) is 1.27. The molecule has 2 rings (SSSR count). The Labute approximate surface area is 93.2 Å². The van der Waals surface area contributed by atoms with Crippen molar-refractivity contribution in [3.8, 4) is 0 Å². The van der Waals surface area contributed by atoms with Crippen molar-refractivity contribution in [1.29, 1.82) is 0 Å². The lowest BCUT2D eigenvalue weighted by Crippen LogP contribution is -2.51. The van der Waals surface area contributed by atoms with Crippen molar-refractivity contribution in [2.24, 2.45) is 5.92 Å². The molecule has 0 spiro atoms. The Hall–Kier alpha value is -0.120. The molecule has 2 heterocycles. The van der Waals surface area contributed by atoms with Crippen LogP contribution in [0.25, 0.3) is 0 Å². The van der Waals surface area contributed by atoms with Crippen molar-refractivity contribution in [3.05, 3.63) is 0 Å². The van der Waals surface area contributed by atoms with Crippen LogP contribution in [0, 0.1) is 5.92 Å². The molecule has 0 radical (unpaired) electrons. The molecule has 88 valence electrons. The summed E-state index contributed by atoms with van der Waals surface area (Å²) in [5, 5.41) is 3.79. The highest BCUT2D eigenvalue weighted by atomic mass is 16.5. The first-order valence-corrected chi connectivity index (χ1v) is 6.23. The number of nitrogens with one attached hydrogen (secondary N) is 1. The van der Waals surface area contributed by atoms with Gasteiger partial charge >= 0.3 is 0 Å². The van der Waals surface area contributed by atoms with Gasteiger partial charge in [0.2, 0.25) is 0 Å². The average Bonchev–Trinajstić information content (AvgIpc) is 2.57. The SMILES string of the molecule is CC1CN(C)CCC1NC1CCOC1C. The van der Waals surface area contributed by atoms with Gasteiger partial charge in [-0.3, -0.25) is 0 Å². The second-order valence-electron chi connectivity index (χ2n) is 5.27. The molecule has 4 unspecified atom stereocenters. The molecule has 15 heavy (non-hydrogen) atoms. The number of hydrogen-bond acceptors (Lipinski definition) is 3. The van der Waals surface area contributed by atoms with Gasteiger partial charge in [0.1, 0.15) is 0 Å². The van der Waals surface area contributed by atoms with Gasteiger partial charge in [-0.15, -0.1) is 0 Å². The molecule has 3 nitrogen and oxygen atoms in total. The third kappa shape index (κ3) is 2.71. The van der Waals surface area contributed by atoms with Gasteiger partial charge in [-0.2, -0.15) is 0 Å². The summed E-state index contributed by atoms with van der Waals surface area (Å²) < 4.78 is 5.59. The fourth-order valence-corrected chi connectivity index (χ4v) is 2.83. The second kappa shape index (κ2) is 4.81. The largest absolute Gasteiger partial charge is 0.377 e. The summed E-state index contributed by atoms with van der Waals surface area (Å²) in [5.74, 6) is 0.761. The van der Waals surface area contributed by atoms with Gasteiger partial charge in [0.15, 0.2) is 0 Å². The van der Waals surface area contributed by atoms with Gasteiger partial charge in [0, 0.05) is 25.2 Å². The Balaban J connectivity index is 1.83. The van der Waals surface area contributed by atoms with E-state index in [2.05, 4.69) is 31.1 Å². The lowest BCUT2D eigenvalue weighted by atomic mass is 9.93. The summed E-state index contributed by atoms with van der Waals surface area (Å²) in [5.41, 5.74) is 0. The van der Waals surface area contributed by atoms with E-state index in [0.29, 0.717) is 18.2 Å². The Morgan fingerprint density at radius 1 is 1.20 bits per heavy atom.